The standard InChI is InChI=1S/C11H11N5/c1-16-7-8(5-15-16)2-3-9-6-14-11(13)4-10(9)12/h4-7H,1H3,(H4,12,13,14). The lowest BCUT2D eigenvalue weighted by molar-refractivity contribution is 0.767. The van der Waals surface area contributed by atoms with E-state index < -0.39 is 0 Å². The fraction of sp³-hybridized carbons (Fsp3) is 0.0909. The molecule has 4 N–H and O–H groups in total. The van der Waals surface area contributed by atoms with Gasteiger partial charge in [0.2, 0.25) is 0 Å². The fourth-order valence-electron chi connectivity index (χ4n) is 1.22. The van der Waals surface area contributed by atoms with Crippen molar-refractivity contribution in [1.29, 1.82) is 0 Å². The number of aromatic nitrogens is 3. The van der Waals surface area contributed by atoms with Crippen molar-refractivity contribution in [3.05, 3.63) is 35.8 Å². The van der Waals surface area contributed by atoms with Gasteiger partial charge in [-0.05, 0) is 0 Å². The van der Waals surface area contributed by atoms with Crippen molar-refractivity contribution >= 4 is 11.5 Å². The van der Waals surface area contributed by atoms with Crippen LogP contribution in [0.1, 0.15) is 11.1 Å². The quantitative estimate of drug-likeness (QED) is 0.620. The van der Waals surface area contributed by atoms with E-state index in [1.165, 1.54) is 0 Å². The van der Waals surface area contributed by atoms with Crippen molar-refractivity contribution in [2.75, 3.05) is 11.5 Å². The van der Waals surface area contributed by atoms with Crippen molar-refractivity contribution in [3.8, 4) is 11.8 Å². The predicted octanol–water partition coefficient (Wildman–Crippen LogP) is 0.379. The summed E-state index contributed by atoms with van der Waals surface area (Å²) in [5, 5.41) is 4.01. The first-order chi connectivity index (χ1) is 7.65. The molecule has 0 radical (unpaired) electrons. The van der Waals surface area contributed by atoms with E-state index in [4.69, 9.17) is 11.5 Å². The average molecular weight is 213 g/mol. The molecule has 5 nitrogen and oxygen atoms in total. The Morgan fingerprint density at radius 2 is 2.06 bits per heavy atom. The SMILES string of the molecule is Cn1cc(C#Cc2cnc(N)cc2N)cn1. The number of hydrogen-bond acceptors (Lipinski definition) is 4. The predicted molar refractivity (Wildman–Crippen MR) is 62.2 cm³/mol. The fourth-order valence-corrected chi connectivity index (χ4v) is 1.22. The minimum Gasteiger partial charge on any atom is -0.398 e. The van der Waals surface area contributed by atoms with E-state index in [0.29, 0.717) is 17.1 Å². The van der Waals surface area contributed by atoms with Gasteiger partial charge in [-0.25, -0.2) is 4.98 Å². The summed E-state index contributed by atoms with van der Waals surface area (Å²) in [4.78, 5) is 3.93. The van der Waals surface area contributed by atoms with Crippen LogP contribution in [0, 0.1) is 11.8 Å². The van der Waals surface area contributed by atoms with Crippen LogP contribution < -0.4 is 11.5 Å². The average Bonchev–Trinajstić information content (AvgIpc) is 2.63. The van der Waals surface area contributed by atoms with E-state index in [1.54, 1.807) is 23.1 Å². The van der Waals surface area contributed by atoms with Crippen LogP contribution in [0.3, 0.4) is 0 Å². The molecule has 2 rings (SSSR count). The summed E-state index contributed by atoms with van der Waals surface area (Å²) in [6.45, 7) is 0. The topological polar surface area (TPSA) is 82.8 Å². The summed E-state index contributed by atoms with van der Waals surface area (Å²) in [5.74, 6) is 6.26. The van der Waals surface area contributed by atoms with Gasteiger partial charge in [0, 0.05) is 25.5 Å². The molecular weight excluding hydrogens is 202 g/mol. The Bertz CT molecular complexity index is 574. The number of nitrogens with zero attached hydrogens (tertiary/aromatic N) is 3. The summed E-state index contributed by atoms with van der Waals surface area (Å²) in [6, 6.07) is 1.59. The van der Waals surface area contributed by atoms with E-state index in [9.17, 15) is 0 Å². The highest BCUT2D eigenvalue weighted by molar-refractivity contribution is 5.59. The van der Waals surface area contributed by atoms with Crippen molar-refractivity contribution in [2.24, 2.45) is 7.05 Å². The zero-order chi connectivity index (χ0) is 11.5. The molecule has 0 bridgehead atoms. The molecule has 80 valence electrons. The van der Waals surface area contributed by atoms with Gasteiger partial charge in [-0.3, -0.25) is 4.68 Å². The zero-order valence-electron chi connectivity index (χ0n) is 8.81. The third-order valence-corrected chi connectivity index (χ3v) is 2.00. The summed E-state index contributed by atoms with van der Waals surface area (Å²) in [5.41, 5.74) is 13.3. The Kier molecular flexibility index (Phi) is 2.48. The Morgan fingerprint density at radius 3 is 2.69 bits per heavy atom. The molecule has 0 saturated carbocycles. The van der Waals surface area contributed by atoms with Gasteiger partial charge in [0.1, 0.15) is 5.82 Å². The maximum absolute atomic E-state index is 5.75. The van der Waals surface area contributed by atoms with Crippen LogP contribution >= 0.6 is 0 Å². The highest BCUT2D eigenvalue weighted by Gasteiger charge is 1.96. The molecule has 0 amide bonds. The molecule has 0 spiro atoms. The Labute approximate surface area is 93.1 Å². The van der Waals surface area contributed by atoms with E-state index in [0.717, 1.165) is 5.56 Å². The molecule has 0 unspecified atom stereocenters. The van der Waals surface area contributed by atoms with Crippen molar-refractivity contribution in [1.82, 2.24) is 14.8 Å². The van der Waals surface area contributed by atoms with Crippen molar-refractivity contribution in [2.45, 2.75) is 0 Å². The first kappa shape index (κ1) is 10.1. The van der Waals surface area contributed by atoms with Gasteiger partial charge in [0.05, 0.1) is 23.0 Å². The highest BCUT2D eigenvalue weighted by Crippen LogP contribution is 2.11. The van der Waals surface area contributed by atoms with Crippen LogP contribution in [0.2, 0.25) is 0 Å². The second-order valence-electron chi connectivity index (χ2n) is 3.35. The number of nitrogen functional groups attached to an aromatic ring is 2. The van der Waals surface area contributed by atoms with Crippen LogP contribution in [0.25, 0.3) is 0 Å². The van der Waals surface area contributed by atoms with Gasteiger partial charge in [-0.15, -0.1) is 0 Å². The van der Waals surface area contributed by atoms with Crippen molar-refractivity contribution in [3.63, 3.8) is 0 Å². The highest BCUT2D eigenvalue weighted by atomic mass is 15.2. The Morgan fingerprint density at radius 1 is 1.25 bits per heavy atom. The van der Waals surface area contributed by atoms with Gasteiger partial charge >= 0.3 is 0 Å². The molecular formula is C11H11N5. The lowest BCUT2D eigenvalue weighted by atomic mass is 10.2. The molecule has 0 aliphatic heterocycles. The van der Waals surface area contributed by atoms with Gasteiger partial charge in [0.15, 0.2) is 0 Å². The van der Waals surface area contributed by atoms with Crippen LogP contribution in [0.5, 0.6) is 0 Å². The largest absolute Gasteiger partial charge is 0.398 e. The second-order valence-corrected chi connectivity index (χ2v) is 3.35. The lowest BCUT2D eigenvalue weighted by Gasteiger charge is -1.97. The molecule has 5 heteroatoms. The summed E-state index contributed by atoms with van der Waals surface area (Å²) >= 11 is 0. The van der Waals surface area contributed by atoms with Gasteiger partial charge in [0.25, 0.3) is 0 Å². The van der Waals surface area contributed by atoms with Gasteiger partial charge in [-0.2, -0.15) is 5.10 Å². The molecule has 0 aliphatic rings. The minimum absolute atomic E-state index is 0.393. The third-order valence-electron chi connectivity index (χ3n) is 2.00. The molecule has 0 fully saturated rings. The van der Waals surface area contributed by atoms with E-state index in [1.807, 2.05) is 13.2 Å². The van der Waals surface area contributed by atoms with Crippen molar-refractivity contribution < 1.29 is 0 Å². The monoisotopic (exact) mass is 213 g/mol. The molecule has 0 saturated heterocycles. The zero-order valence-corrected chi connectivity index (χ0v) is 8.81. The first-order valence-corrected chi connectivity index (χ1v) is 4.67. The summed E-state index contributed by atoms with van der Waals surface area (Å²) in [7, 11) is 1.84. The van der Waals surface area contributed by atoms with Crippen LogP contribution in [0.4, 0.5) is 11.5 Å². The normalized spacial score (nSPS) is 9.56. The number of pyridine rings is 1. The van der Waals surface area contributed by atoms with E-state index >= 15 is 0 Å². The molecule has 16 heavy (non-hydrogen) atoms. The molecule has 2 aromatic rings. The maximum Gasteiger partial charge on any atom is 0.125 e. The maximum atomic E-state index is 5.75. The Balaban J connectivity index is 2.30. The molecule has 0 aliphatic carbocycles. The number of aryl methyl sites for hydroxylation is 1. The third kappa shape index (κ3) is 2.12. The molecule has 2 aromatic heterocycles. The summed E-state index contributed by atoms with van der Waals surface area (Å²) < 4.78 is 1.69. The van der Waals surface area contributed by atoms with Crippen LogP contribution in [-0.4, -0.2) is 14.8 Å². The van der Waals surface area contributed by atoms with Gasteiger partial charge < -0.3 is 11.5 Å². The van der Waals surface area contributed by atoms with Gasteiger partial charge in [-0.1, -0.05) is 11.8 Å². The van der Waals surface area contributed by atoms with Crippen LogP contribution in [-0.2, 0) is 7.05 Å². The molecule has 2 heterocycles. The number of nitrogens with two attached hydrogens (primary N) is 2. The lowest BCUT2D eigenvalue weighted by Crippen LogP contribution is -1.96. The number of anilines is 2. The minimum atomic E-state index is 0.393. The Hall–Kier alpha value is -2.48. The smallest absolute Gasteiger partial charge is 0.125 e. The molecule has 0 aromatic carbocycles. The number of hydrogen-bond donors (Lipinski definition) is 2. The van der Waals surface area contributed by atoms with Crippen LogP contribution in [0.15, 0.2) is 24.7 Å². The molecule has 0 atom stereocenters. The first-order valence-electron chi connectivity index (χ1n) is 4.67. The second kappa shape index (κ2) is 3.95. The van der Waals surface area contributed by atoms with E-state index in [-0.39, 0.29) is 0 Å². The van der Waals surface area contributed by atoms with E-state index in [2.05, 4.69) is 21.9 Å². The number of rotatable bonds is 0. The summed E-state index contributed by atoms with van der Waals surface area (Å²) in [6.07, 6.45) is 5.08.